The first kappa shape index (κ1) is 24.8. The number of rotatable bonds is 7. The molecule has 4 heterocycles. The molecule has 0 bridgehead atoms. The lowest BCUT2D eigenvalue weighted by atomic mass is 10.2. The number of methoxy groups -OCH3 is 1. The van der Waals surface area contributed by atoms with Crippen molar-refractivity contribution in [1.29, 1.82) is 0 Å². The molecule has 176 valence electrons. The Bertz CT molecular complexity index is 1140. The van der Waals surface area contributed by atoms with Crippen LogP contribution in [0.1, 0.15) is 6.42 Å². The third kappa shape index (κ3) is 5.38. The minimum absolute atomic E-state index is 0. The number of hydrogen-bond donors (Lipinski definition) is 0. The van der Waals surface area contributed by atoms with Gasteiger partial charge >= 0.3 is 0 Å². The summed E-state index contributed by atoms with van der Waals surface area (Å²) in [7, 11) is 1.67. The summed E-state index contributed by atoms with van der Waals surface area (Å²) in [6, 6.07) is 8.63. The van der Waals surface area contributed by atoms with E-state index < -0.39 is 0 Å². The highest BCUT2D eigenvalue weighted by Gasteiger charge is 2.20. The molecule has 9 nitrogen and oxygen atoms in total. The zero-order chi connectivity index (χ0) is 21.0. The number of piperazine rings is 1. The quantitative estimate of drug-likeness (QED) is 0.393. The number of aromatic nitrogens is 6. The van der Waals surface area contributed by atoms with Crippen LogP contribution >= 0.6 is 24.8 Å². The van der Waals surface area contributed by atoms with Gasteiger partial charge in [0, 0.05) is 38.9 Å². The molecule has 33 heavy (non-hydrogen) atoms. The van der Waals surface area contributed by atoms with Crippen LogP contribution in [0, 0.1) is 0 Å². The number of ether oxygens (including phenoxy) is 1. The lowest BCUT2D eigenvalue weighted by Gasteiger charge is -2.35. The van der Waals surface area contributed by atoms with E-state index in [0.29, 0.717) is 0 Å². The van der Waals surface area contributed by atoms with Gasteiger partial charge in [0.05, 0.1) is 24.5 Å². The van der Waals surface area contributed by atoms with E-state index in [0.717, 1.165) is 62.9 Å². The Morgan fingerprint density at radius 3 is 2.52 bits per heavy atom. The zero-order valence-corrected chi connectivity index (χ0v) is 20.1. The fourth-order valence-electron chi connectivity index (χ4n) is 4.20. The molecule has 0 spiro atoms. The van der Waals surface area contributed by atoms with Crippen molar-refractivity contribution in [2.45, 2.75) is 13.0 Å². The molecule has 1 aromatic carbocycles. The van der Waals surface area contributed by atoms with Crippen LogP contribution in [-0.2, 0) is 6.54 Å². The van der Waals surface area contributed by atoms with Crippen LogP contribution < -0.4 is 9.64 Å². The first-order chi connectivity index (χ1) is 15.3. The van der Waals surface area contributed by atoms with Gasteiger partial charge in [-0.25, -0.2) is 9.97 Å². The minimum Gasteiger partial charge on any atom is -0.491 e. The highest BCUT2D eigenvalue weighted by atomic mass is 35.5. The molecule has 1 aliphatic rings. The maximum atomic E-state index is 5.41. The predicted octanol–water partition coefficient (Wildman–Crippen LogP) is 3.08. The van der Waals surface area contributed by atoms with Crippen molar-refractivity contribution in [3.05, 3.63) is 55.6 Å². The number of anilines is 1. The van der Waals surface area contributed by atoms with Crippen molar-refractivity contribution in [3.63, 3.8) is 0 Å². The molecule has 11 heteroatoms. The normalized spacial score (nSPS) is 14.0. The van der Waals surface area contributed by atoms with Crippen LogP contribution in [-0.4, -0.2) is 74.0 Å². The summed E-state index contributed by atoms with van der Waals surface area (Å²) in [5.74, 6) is 1.63. The number of fused-ring (bicyclic) bond motifs is 1. The summed E-state index contributed by atoms with van der Waals surface area (Å²) in [5.41, 5.74) is 2.32. The van der Waals surface area contributed by atoms with Gasteiger partial charge in [-0.1, -0.05) is 6.07 Å². The van der Waals surface area contributed by atoms with Crippen molar-refractivity contribution >= 4 is 41.5 Å². The Balaban J connectivity index is 0.00000153. The molecule has 0 atom stereocenters. The smallest absolute Gasteiger partial charge is 0.179 e. The first-order valence-corrected chi connectivity index (χ1v) is 10.6. The monoisotopic (exact) mass is 490 g/mol. The molecule has 1 saturated heterocycles. The lowest BCUT2D eigenvalue weighted by molar-refractivity contribution is 0.249. The molecule has 0 saturated carbocycles. The van der Waals surface area contributed by atoms with E-state index in [1.165, 1.54) is 10.9 Å². The van der Waals surface area contributed by atoms with Gasteiger partial charge in [-0.15, -0.1) is 35.0 Å². The van der Waals surface area contributed by atoms with Crippen LogP contribution in [0.3, 0.4) is 0 Å². The summed E-state index contributed by atoms with van der Waals surface area (Å²) in [5, 5.41) is 9.07. The van der Waals surface area contributed by atoms with Gasteiger partial charge in [0.25, 0.3) is 0 Å². The number of aryl methyl sites for hydroxylation is 1. The SMILES string of the molecule is COc1cncnc1N1CCN(CCCn2ccc3ccc(-n4cnnc4)cc32)CC1.Cl.Cl. The topological polar surface area (TPSA) is 77.1 Å². The number of hydrogen-bond acceptors (Lipinski definition) is 7. The fraction of sp³-hybridized carbons (Fsp3) is 0.364. The Labute approximate surface area is 205 Å². The molecule has 0 N–H and O–H groups in total. The molecular weight excluding hydrogens is 463 g/mol. The highest BCUT2D eigenvalue weighted by molar-refractivity contribution is 5.85. The summed E-state index contributed by atoms with van der Waals surface area (Å²) in [6.07, 6.45) is 10.1. The Kier molecular flexibility index (Phi) is 8.49. The minimum atomic E-state index is 0. The second-order valence-electron chi connectivity index (χ2n) is 7.72. The van der Waals surface area contributed by atoms with E-state index in [9.17, 15) is 0 Å². The van der Waals surface area contributed by atoms with E-state index in [2.05, 4.69) is 65.0 Å². The molecule has 0 unspecified atom stereocenters. The van der Waals surface area contributed by atoms with E-state index >= 15 is 0 Å². The Morgan fingerprint density at radius 2 is 1.76 bits per heavy atom. The van der Waals surface area contributed by atoms with Gasteiger partial charge in [0.2, 0.25) is 0 Å². The van der Waals surface area contributed by atoms with Crippen molar-refractivity contribution in [2.75, 3.05) is 44.7 Å². The van der Waals surface area contributed by atoms with Crippen molar-refractivity contribution in [2.24, 2.45) is 0 Å². The van der Waals surface area contributed by atoms with E-state index in [-0.39, 0.29) is 24.8 Å². The molecule has 1 aliphatic heterocycles. The molecule has 0 radical (unpaired) electrons. The maximum absolute atomic E-state index is 5.41. The Morgan fingerprint density at radius 1 is 0.970 bits per heavy atom. The van der Waals surface area contributed by atoms with E-state index in [4.69, 9.17) is 4.74 Å². The van der Waals surface area contributed by atoms with Crippen LogP contribution in [0.25, 0.3) is 16.6 Å². The summed E-state index contributed by atoms with van der Waals surface area (Å²) in [6.45, 7) is 6.02. The van der Waals surface area contributed by atoms with Crippen molar-refractivity contribution in [1.82, 2.24) is 34.2 Å². The molecule has 0 aliphatic carbocycles. The third-order valence-electron chi connectivity index (χ3n) is 5.90. The number of benzene rings is 1. The van der Waals surface area contributed by atoms with Gasteiger partial charge in [-0.05, 0) is 36.6 Å². The second kappa shape index (κ2) is 11.3. The van der Waals surface area contributed by atoms with Crippen LogP contribution in [0.2, 0.25) is 0 Å². The standard InChI is InChI=1S/C22H26N8O.2ClH/c1-31-21-14-23-15-24-22(21)29-11-9-27(10-12-29)6-2-7-28-8-5-18-3-4-19(13-20(18)28)30-16-25-26-17-30;;/h3-5,8,13-17H,2,6-7,9-12H2,1H3;2*1H. The average Bonchev–Trinajstić information content (AvgIpc) is 3.50. The van der Waals surface area contributed by atoms with Crippen molar-refractivity contribution < 1.29 is 4.74 Å². The van der Waals surface area contributed by atoms with Gasteiger partial charge < -0.3 is 14.2 Å². The molecular formula is C22H28Cl2N8O. The van der Waals surface area contributed by atoms with Crippen molar-refractivity contribution in [3.8, 4) is 11.4 Å². The van der Waals surface area contributed by atoms with E-state index in [1.54, 1.807) is 32.3 Å². The lowest BCUT2D eigenvalue weighted by Crippen LogP contribution is -2.47. The third-order valence-corrected chi connectivity index (χ3v) is 5.90. The molecule has 3 aromatic heterocycles. The largest absolute Gasteiger partial charge is 0.491 e. The second-order valence-corrected chi connectivity index (χ2v) is 7.72. The molecule has 0 amide bonds. The van der Waals surface area contributed by atoms with Gasteiger partial charge in [0.1, 0.15) is 19.0 Å². The Hall–Kier alpha value is -2.88. The summed E-state index contributed by atoms with van der Waals surface area (Å²) in [4.78, 5) is 13.3. The molecule has 1 fully saturated rings. The first-order valence-electron chi connectivity index (χ1n) is 10.6. The predicted molar refractivity (Wildman–Crippen MR) is 133 cm³/mol. The van der Waals surface area contributed by atoms with Crippen LogP contribution in [0.4, 0.5) is 5.82 Å². The van der Waals surface area contributed by atoms with Gasteiger partial charge in [0.15, 0.2) is 11.6 Å². The van der Waals surface area contributed by atoms with Gasteiger partial charge in [-0.2, -0.15) is 0 Å². The summed E-state index contributed by atoms with van der Waals surface area (Å²) < 4.78 is 9.68. The van der Waals surface area contributed by atoms with E-state index in [1.807, 2.05) is 4.57 Å². The average molecular weight is 491 g/mol. The molecule has 4 aromatic rings. The zero-order valence-electron chi connectivity index (χ0n) is 18.4. The highest BCUT2D eigenvalue weighted by Crippen LogP contribution is 2.25. The maximum Gasteiger partial charge on any atom is 0.179 e. The van der Waals surface area contributed by atoms with Gasteiger partial charge in [-0.3, -0.25) is 9.47 Å². The van der Waals surface area contributed by atoms with Crippen LogP contribution in [0.15, 0.2) is 55.6 Å². The fourth-order valence-corrected chi connectivity index (χ4v) is 4.20. The van der Waals surface area contributed by atoms with Crippen LogP contribution in [0.5, 0.6) is 5.75 Å². The molecule has 5 rings (SSSR count). The summed E-state index contributed by atoms with van der Waals surface area (Å²) >= 11 is 0. The number of nitrogens with zero attached hydrogens (tertiary/aromatic N) is 8. The number of halogens is 2.